The third-order valence-corrected chi connectivity index (χ3v) is 8.75. The summed E-state index contributed by atoms with van der Waals surface area (Å²) in [6, 6.07) is 0.245. The molecule has 0 spiro atoms. The number of aliphatic imine (C=N–C) groups is 1. The smallest absolute Gasteiger partial charge is 0.242 e. The van der Waals surface area contributed by atoms with E-state index in [-0.39, 0.29) is 41.5 Å². The first-order chi connectivity index (χ1) is 14.0. The van der Waals surface area contributed by atoms with Crippen LogP contribution < -0.4 is 0 Å². The van der Waals surface area contributed by atoms with Crippen LogP contribution in [0.1, 0.15) is 32.1 Å². The lowest BCUT2D eigenvalue weighted by atomic mass is 9.68. The summed E-state index contributed by atoms with van der Waals surface area (Å²) < 4.78 is 0. The van der Waals surface area contributed by atoms with Crippen molar-refractivity contribution in [2.45, 2.75) is 49.4 Å². The van der Waals surface area contributed by atoms with Crippen molar-refractivity contribution in [1.82, 2.24) is 14.7 Å². The molecule has 0 aromatic rings. The van der Waals surface area contributed by atoms with E-state index >= 15 is 0 Å². The lowest BCUT2D eigenvalue weighted by Gasteiger charge is -2.41. The summed E-state index contributed by atoms with van der Waals surface area (Å²) in [6.45, 7) is 1.27. The molecule has 8 heteroatoms. The van der Waals surface area contributed by atoms with Gasteiger partial charge < -0.3 is 9.80 Å². The molecule has 6 aliphatic rings. The largest absolute Gasteiger partial charge is 0.336 e. The predicted molar refractivity (Wildman–Crippen MR) is 111 cm³/mol. The Morgan fingerprint density at radius 2 is 1.90 bits per heavy atom. The number of piperazine rings is 1. The van der Waals surface area contributed by atoms with Crippen molar-refractivity contribution in [3.05, 3.63) is 12.2 Å². The molecule has 29 heavy (non-hydrogen) atoms. The van der Waals surface area contributed by atoms with Crippen LogP contribution >= 0.6 is 11.8 Å². The standard InChI is InChI=1S/C21H28N4O3S/c1-22-21-23(2)20(28)17(29-21)9-18(26)24-10-15-8-14(24)11-25(15)19(27)16-7-12-3-5-13(16)6-4-12/h3,5,12-17H,4,6-11H2,1-2H3/t12-,13+,14+,15+,16-,17?/m1/s1. The van der Waals surface area contributed by atoms with E-state index in [4.69, 9.17) is 0 Å². The van der Waals surface area contributed by atoms with Crippen LogP contribution in [-0.2, 0) is 14.4 Å². The quantitative estimate of drug-likeness (QED) is 0.651. The van der Waals surface area contributed by atoms with Gasteiger partial charge in [0.25, 0.3) is 0 Å². The molecule has 3 heterocycles. The van der Waals surface area contributed by atoms with Gasteiger partial charge in [-0.15, -0.1) is 0 Å². The average Bonchev–Trinajstić information content (AvgIpc) is 3.43. The van der Waals surface area contributed by atoms with E-state index in [9.17, 15) is 14.4 Å². The van der Waals surface area contributed by atoms with E-state index in [2.05, 4.69) is 22.0 Å². The Labute approximate surface area is 175 Å². The Hall–Kier alpha value is -1.83. The molecule has 0 N–H and O–H groups in total. The van der Waals surface area contributed by atoms with Gasteiger partial charge in [0.15, 0.2) is 5.17 Å². The van der Waals surface area contributed by atoms with Gasteiger partial charge in [-0.3, -0.25) is 24.3 Å². The fraction of sp³-hybridized carbons (Fsp3) is 0.714. The number of allylic oxidation sites excluding steroid dienone is 2. The predicted octanol–water partition coefficient (Wildman–Crippen LogP) is 1.35. The summed E-state index contributed by atoms with van der Waals surface area (Å²) >= 11 is 1.37. The Balaban J connectivity index is 1.19. The zero-order valence-corrected chi connectivity index (χ0v) is 17.8. The number of fused-ring (bicyclic) bond motifs is 4. The molecule has 1 unspecified atom stereocenters. The molecular weight excluding hydrogens is 388 g/mol. The van der Waals surface area contributed by atoms with Crippen LogP contribution in [0.4, 0.5) is 0 Å². The molecule has 4 fully saturated rings. The first-order valence-corrected chi connectivity index (χ1v) is 11.5. The fourth-order valence-electron chi connectivity index (χ4n) is 5.85. The average molecular weight is 417 g/mol. The van der Waals surface area contributed by atoms with Crippen LogP contribution in [0.15, 0.2) is 17.1 Å². The van der Waals surface area contributed by atoms with Crippen molar-refractivity contribution in [1.29, 1.82) is 0 Å². The van der Waals surface area contributed by atoms with Crippen LogP contribution in [0.25, 0.3) is 0 Å². The third-order valence-electron chi connectivity index (χ3n) is 7.43. The number of hydrogen-bond donors (Lipinski definition) is 0. The lowest BCUT2D eigenvalue weighted by molar-refractivity contribution is -0.144. The van der Waals surface area contributed by atoms with Gasteiger partial charge in [-0.25, -0.2) is 0 Å². The normalized spacial score (nSPS) is 39.3. The number of likely N-dealkylation sites (tertiary alicyclic amines) is 2. The van der Waals surface area contributed by atoms with E-state index in [1.54, 1.807) is 14.1 Å². The Bertz CT molecular complexity index is 812. The summed E-state index contributed by atoms with van der Waals surface area (Å²) in [5.41, 5.74) is 0. The van der Waals surface area contributed by atoms with E-state index in [0.29, 0.717) is 36.0 Å². The maximum atomic E-state index is 13.2. The molecule has 7 nitrogen and oxygen atoms in total. The van der Waals surface area contributed by atoms with E-state index < -0.39 is 0 Å². The molecule has 156 valence electrons. The van der Waals surface area contributed by atoms with Crippen LogP contribution in [0.5, 0.6) is 0 Å². The molecule has 3 amide bonds. The highest BCUT2D eigenvalue weighted by molar-refractivity contribution is 8.15. The second kappa shape index (κ2) is 7.15. The Morgan fingerprint density at radius 1 is 1.14 bits per heavy atom. The highest BCUT2D eigenvalue weighted by Gasteiger charge is 2.50. The zero-order valence-electron chi connectivity index (χ0n) is 17.0. The maximum Gasteiger partial charge on any atom is 0.242 e. The molecule has 4 bridgehead atoms. The van der Waals surface area contributed by atoms with E-state index in [1.807, 2.05) is 4.90 Å². The van der Waals surface area contributed by atoms with Crippen molar-refractivity contribution in [3.8, 4) is 0 Å². The molecular formula is C21H28N4O3S. The van der Waals surface area contributed by atoms with Gasteiger partial charge in [0.1, 0.15) is 5.25 Å². The van der Waals surface area contributed by atoms with E-state index in [0.717, 1.165) is 19.3 Å². The van der Waals surface area contributed by atoms with Crippen LogP contribution in [-0.4, -0.2) is 82.1 Å². The minimum atomic E-state index is -0.382. The molecule has 0 radical (unpaired) electrons. The summed E-state index contributed by atoms with van der Waals surface area (Å²) in [5.74, 6) is 1.39. The number of rotatable bonds is 3. The van der Waals surface area contributed by atoms with Crippen LogP contribution in [0.2, 0.25) is 0 Å². The van der Waals surface area contributed by atoms with E-state index in [1.165, 1.54) is 23.1 Å². The number of nitrogens with zero attached hydrogens (tertiary/aromatic N) is 4. The number of amides is 3. The number of carbonyl (C=O) groups excluding carboxylic acids is 3. The summed E-state index contributed by atoms with van der Waals surface area (Å²) in [4.78, 5) is 48.1. The van der Waals surface area contributed by atoms with Crippen LogP contribution in [0.3, 0.4) is 0 Å². The zero-order chi connectivity index (χ0) is 20.3. The molecule has 3 aliphatic heterocycles. The summed E-state index contributed by atoms with van der Waals surface area (Å²) in [7, 11) is 3.37. The lowest BCUT2D eigenvalue weighted by Crippen LogP contribution is -2.53. The van der Waals surface area contributed by atoms with Gasteiger partial charge in [-0.2, -0.15) is 0 Å². The topological polar surface area (TPSA) is 73.3 Å². The van der Waals surface area contributed by atoms with Crippen LogP contribution in [0, 0.1) is 17.8 Å². The molecule has 0 aromatic carbocycles. The molecule has 1 saturated carbocycles. The van der Waals surface area contributed by atoms with Gasteiger partial charge in [-0.05, 0) is 37.5 Å². The highest BCUT2D eigenvalue weighted by Crippen LogP contribution is 2.43. The van der Waals surface area contributed by atoms with Crippen molar-refractivity contribution >= 4 is 34.7 Å². The van der Waals surface area contributed by atoms with Gasteiger partial charge in [0.2, 0.25) is 17.7 Å². The van der Waals surface area contributed by atoms with Crippen molar-refractivity contribution in [2.75, 3.05) is 27.2 Å². The van der Waals surface area contributed by atoms with Crippen molar-refractivity contribution < 1.29 is 14.4 Å². The molecule has 0 aromatic heterocycles. The minimum absolute atomic E-state index is 0.0286. The van der Waals surface area contributed by atoms with Crippen molar-refractivity contribution in [3.63, 3.8) is 0 Å². The van der Waals surface area contributed by atoms with Gasteiger partial charge >= 0.3 is 0 Å². The SMILES string of the molecule is CN=C1SC(CC(=O)N2C[C@@H]3C[C@H]2CN3C(=O)[C@@H]2C[C@@H]3C=C[C@H]2CC3)C(=O)N1C. The summed E-state index contributed by atoms with van der Waals surface area (Å²) in [6.07, 6.45) is 8.98. The molecule has 3 aliphatic carbocycles. The highest BCUT2D eigenvalue weighted by atomic mass is 32.2. The monoisotopic (exact) mass is 416 g/mol. The molecule has 6 atom stereocenters. The Morgan fingerprint density at radius 3 is 2.45 bits per heavy atom. The Kier molecular flexibility index (Phi) is 4.72. The third kappa shape index (κ3) is 3.10. The first kappa shape index (κ1) is 19.2. The van der Waals surface area contributed by atoms with Gasteiger partial charge in [0, 0.05) is 39.5 Å². The first-order valence-electron chi connectivity index (χ1n) is 10.7. The summed E-state index contributed by atoms with van der Waals surface area (Å²) in [5, 5.41) is 0.288. The maximum absolute atomic E-state index is 13.2. The fourth-order valence-corrected chi connectivity index (χ4v) is 6.94. The number of hydrogen-bond acceptors (Lipinski definition) is 5. The van der Waals surface area contributed by atoms with Crippen molar-refractivity contribution in [2.24, 2.45) is 22.7 Å². The number of carbonyl (C=O) groups is 3. The second-order valence-electron chi connectivity index (χ2n) is 9.02. The number of thioether (sulfide) groups is 1. The molecule has 3 saturated heterocycles. The number of amidine groups is 1. The van der Waals surface area contributed by atoms with Gasteiger partial charge in [0.05, 0.1) is 12.1 Å². The second-order valence-corrected chi connectivity index (χ2v) is 10.2. The minimum Gasteiger partial charge on any atom is -0.336 e. The van der Waals surface area contributed by atoms with Gasteiger partial charge in [-0.1, -0.05) is 23.9 Å². The molecule has 6 rings (SSSR count).